The van der Waals surface area contributed by atoms with Crippen molar-refractivity contribution in [3.05, 3.63) is 12.4 Å². The van der Waals surface area contributed by atoms with E-state index in [1.165, 1.54) is 23.5 Å². The first-order valence-electron chi connectivity index (χ1n) is 5.82. The van der Waals surface area contributed by atoms with Crippen molar-refractivity contribution in [1.82, 2.24) is 9.78 Å². The van der Waals surface area contributed by atoms with Gasteiger partial charge in [-0.25, -0.2) is 0 Å². The molecule has 1 aliphatic heterocycles. The lowest BCUT2D eigenvalue weighted by atomic mass is 10.2. The van der Waals surface area contributed by atoms with Crippen LogP contribution in [0.4, 0.5) is 5.69 Å². The van der Waals surface area contributed by atoms with Crippen molar-refractivity contribution in [3.63, 3.8) is 0 Å². The number of nitrogens with zero attached hydrogens (tertiary/aromatic N) is 2. The summed E-state index contributed by atoms with van der Waals surface area (Å²) >= 11 is 1.67. The second kappa shape index (κ2) is 5.90. The lowest BCUT2D eigenvalue weighted by molar-refractivity contribution is -0.137. The maximum Gasteiger partial charge on any atom is 0.325 e. The molecule has 1 aliphatic rings. The van der Waals surface area contributed by atoms with E-state index in [-0.39, 0.29) is 17.7 Å². The molecule has 18 heavy (non-hydrogen) atoms. The maximum absolute atomic E-state index is 11.9. The van der Waals surface area contributed by atoms with Gasteiger partial charge in [-0.3, -0.25) is 14.3 Å². The maximum atomic E-state index is 11.9. The summed E-state index contributed by atoms with van der Waals surface area (Å²) in [5, 5.41) is 15.2. The number of hydrogen-bond acceptors (Lipinski definition) is 4. The van der Waals surface area contributed by atoms with Crippen LogP contribution < -0.4 is 5.32 Å². The highest BCUT2D eigenvalue weighted by molar-refractivity contribution is 8.00. The number of amides is 1. The molecule has 0 aromatic carbocycles. The molecule has 7 heteroatoms. The van der Waals surface area contributed by atoms with Gasteiger partial charge in [0.1, 0.15) is 6.54 Å². The molecule has 1 aromatic heterocycles. The van der Waals surface area contributed by atoms with E-state index in [1.54, 1.807) is 11.8 Å². The Labute approximate surface area is 109 Å². The standard InChI is InChI=1S/C11H15N3O3S/c15-10(16)7-14-6-8(5-12-14)13-11(17)9-3-1-2-4-18-9/h5-6,9H,1-4,7H2,(H,13,17)(H,15,16). The molecule has 1 atom stereocenters. The summed E-state index contributed by atoms with van der Waals surface area (Å²) < 4.78 is 1.28. The molecule has 6 nitrogen and oxygen atoms in total. The minimum Gasteiger partial charge on any atom is -0.480 e. The first kappa shape index (κ1) is 12.9. The van der Waals surface area contributed by atoms with E-state index in [4.69, 9.17) is 5.11 Å². The number of aliphatic carboxylic acids is 1. The number of nitrogens with one attached hydrogen (secondary N) is 1. The Morgan fingerprint density at radius 1 is 1.56 bits per heavy atom. The molecular weight excluding hydrogens is 254 g/mol. The van der Waals surface area contributed by atoms with Gasteiger partial charge in [-0.05, 0) is 18.6 Å². The van der Waals surface area contributed by atoms with Gasteiger partial charge in [-0.15, -0.1) is 11.8 Å². The van der Waals surface area contributed by atoms with Crippen molar-refractivity contribution in [1.29, 1.82) is 0 Å². The van der Waals surface area contributed by atoms with E-state index in [9.17, 15) is 9.59 Å². The number of carbonyl (C=O) groups excluding carboxylic acids is 1. The van der Waals surface area contributed by atoms with Gasteiger partial charge in [0.2, 0.25) is 5.91 Å². The zero-order chi connectivity index (χ0) is 13.0. The van der Waals surface area contributed by atoms with Gasteiger partial charge in [0.05, 0.1) is 17.1 Å². The number of thioether (sulfide) groups is 1. The largest absolute Gasteiger partial charge is 0.480 e. The fourth-order valence-corrected chi connectivity index (χ4v) is 3.02. The Morgan fingerprint density at radius 3 is 3.06 bits per heavy atom. The molecule has 1 amide bonds. The monoisotopic (exact) mass is 269 g/mol. The molecule has 0 bridgehead atoms. The predicted molar refractivity (Wildman–Crippen MR) is 68.6 cm³/mol. The second-order valence-electron chi connectivity index (χ2n) is 4.16. The van der Waals surface area contributed by atoms with Gasteiger partial charge in [-0.2, -0.15) is 5.10 Å². The van der Waals surface area contributed by atoms with E-state index >= 15 is 0 Å². The smallest absolute Gasteiger partial charge is 0.325 e. The molecule has 0 aliphatic carbocycles. The molecule has 1 aromatic rings. The number of carboxylic acids is 1. The van der Waals surface area contributed by atoms with Crippen LogP contribution in [0.1, 0.15) is 19.3 Å². The third-order valence-corrected chi connectivity index (χ3v) is 4.05. The molecule has 2 heterocycles. The van der Waals surface area contributed by atoms with Gasteiger partial charge >= 0.3 is 5.97 Å². The van der Waals surface area contributed by atoms with Crippen molar-refractivity contribution < 1.29 is 14.7 Å². The van der Waals surface area contributed by atoms with Crippen molar-refractivity contribution in [3.8, 4) is 0 Å². The molecule has 1 fully saturated rings. The van der Waals surface area contributed by atoms with Crippen LogP contribution >= 0.6 is 11.8 Å². The fraction of sp³-hybridized carbons (Fsp3) is 0.545. The molecule has 2 rings (SSSR count). The molecule has 0 radical (unpaired) electrons. The summed E-state index contributed by atoms with van der Waals surface area (Å²) in [5.41, 5.74) is 0.549. The van der Waals surface area contributed by atoms with Crippen molar-refractivity contribution in [2.75, 3.05) is 11.1 Å². The third kappa shape index (κ3) is 3.49. The van der Waals surface area contributed by atoms with Crippen LogP contribution in [-0.4, -0.2) is 37.8 Å². The van der Waals surface area contributed by atoms with E-state index < -0.39 is 5.97 Å². The summed E-state index contributed by atoms with van der Waals surface area (Å²) in [6.45, 7) is -0.200. The zero-order valence-electron chi connectivity index (χ0n) is 9.83. The minimum absolute atomic E-state index is 0.00146. The Balaban J connectivity index is 1.90. The van der Waals surface area contributed by atoms with Crippen LogP contribution in [0.3, 0.4) is 0 Å². The molecule has 98 valence electrons. The van der Waals surface area contributed by atoms with Crippen LogP contribution in [0.5, 0.6) is 0 Å². The van der Waals surface area contributed by atoms with Crippen LogP contribution in [0, 0.1) is 0 Å². The Hall–Kier alpha value is -1.50. The molecular formula is C11H15N3O3S. The summed E-state index contributed by atoms with van der Waals surface area (Å²) in [7, 11) is 0. The summed E-state index contributed by atoms with van der Waals surface area (Å²) in [4.78, 5) is 22.4. The van der Waals surface area contributed by atoms with Crippen LogP contribution in [0.25, 0.3) is 0 Å². The Bertz CT molecular complexity index is 440. The molecule has 0 spiro atoms. The van der Waals surface area contributed by atoms with Gasteiger partial charge in [0.15, 0.2) is 0 Å². The topological polar surface area (TPSA) is 84.2 Å². The number of rotatable bonds is 4. The minimum atomic E-state index is -0.959. The van der Waals surface area contributed by atoms with Crippen LogP contribution in [-0.2, 0) is 16.1 Å². The normalized spacial score (nSPS) is 19.4. The number of carbonyl (C=O) groups is 2. The van der Waals surface area contributed by atoms with Gasteiger partial charge in [-0.1, -0.05) is 6.42 Å². The Kier molecular flexibility index (Phi) is 4.24. The van der Waals surface area contributed by atoms with Gasteiger partial charge < -0.3 is 10.4 Å². The Morgan fingerprint density at radius 2 is 2.39 bits per heavy atom. The highest BCUT2D eigenvalue weighted by atomic mass is 32.2. The first-order valence-corrected chi connectivity index (χ1v) is 6.87. The van der Waals surface area contributed by atoms with Crippen LogP contribution in [0.15, 0.2) is 12.4 Å². The average molecular weight is 269 g/mol. The van der Waals surface area contributed by atoms with Crippen molar-refractivity contribution in [2.45, 2.75) is 31.1 Å². The lowest BCUT2D eigenvalue weighted by Gasteiger charge is -2.19. The third-order valence-electron chi connectivity index (χ3n) is 2.67. The highest BCUT2D eigenvalue weighted by Crippen LogP contribution is 2.26. The van der Waals surface area contributed by atoms with Gasteiger partial charge in [0.25, 0.3) is 0 Å². The number of anilines is 1. The van der Waals surface area contributed by atoms with E-state index in [1.807, 2.05) is 0 Å². The van der Waals surface area contributed by atoms with Gasteiger partial charge in [0, 0.05) is 6.20 Å². The van der Waals surface area contributed by atoms with E-state index in [2.05, 4.69) is 10.4 Å². The summed E-state index contributed by atoms with van der Waals surface area (Å²) in [6, 6.07) is 0. The average Bonchev–Trinajstić information content (AvgIpc) is 2.76. The summed E-state index contributed by atoms with van der Waals surface area (Å²) in [6.07, 6.45) is 6.15. The van der Waals surface area contributed by atoms with Crippen molar-refractivity contribution >= 4 is 29.3 Å². The second-order valence-corrected chi connectivity index (χ2v) is 5.48. The SMILES string of the molecule is O=C(O)Cn1cc(NC(=O)C2CCCCS2)cn1. The lowest BCUT2D eigenvalue weighted by Crippen LogP contribution is -2.27. The predicted octanol–water partition coefficient (Wildman–Crippen LogP) is 1.19. The number of aromatic nitrogens is 2. The fourth-order valence-electron chi connectivity index (χ4n) is 1.82. The van der Waals surface area contributed by atoms with Crippen molar-refractivity contribution in [2.24, 2.45) is 0 Å². The zero-order valence-corrected chi connectivity index (χ0v) is 10.7. The molecule has 1 unspecified atom stereocenters. The van der Waals surface area contributed by atoms with E-state index in [0.717, 1.165) is 18.6 Å². The molecule has 1 saturated heterocycles. The van der Waals surface area contributed by atoms with Crippen LogP contribution in [0.2, 0.25) is 0 Å². The number of hydrogen-bond donors (Lipinski definition) is 2. The van der Waals surface area contributed by atoms with E-state index in [0.29, 0.717) is 5.69 Å². The summed E-state index contributed by atoms with van der Waals surface area (Å²) in [5.74, 6) is 0.0458. The molecule has 0 saturated carbocycles. The molecule has 2 N–H and O–H groups in total. The first-order chi connectivity index (χ1) is 8.65. The quantitative estimate of drug-likeness (QED) is 0.857. The number of carboxylic acid groups (broad SMARTS) is 1. The highest BCUT2D eigenvalue weighted by Gasteiger charge is 2.22.